The quantitative estimate of drug-likeness (QED) is 0.679. The van der Waals surface area contributed by atoms with Crippen molar-refractivity contribution in [2.75, 3.05) is 19.0 Å². The lowest BCUT2D eigenvalue weighted by atomic mass is 10.2. The fraction of sp³-hybridized carbons (Fsp3) is 0.300. The van der Waals surface area contributed by atoms with Crippen molar-refractivity contribution in [3.8, 4) is 0 Å². The van der Waals surface area contributed by atoms with Gasteiger partial charge in [-0.15, -0.1) is 3.96 Å². The summed E-state index contributed by atoms with van der Waals surface area (Å²) in [5.74, 6) is 0. The first kappa shape index (κ1) is 9.74. The monoisotopic (exact) mass is 227 g/mol. The lowest BCUT2D eigenvalue weighted by Gasteiger charge is -2.05. The van der Waals surface area contributed by atoms with Crippen LogP contribution in [0.15, 0.2) is 18.2 Å². The van der Waals surface area contributed by atoms with Crippen LogP contribution in [0.2, 0.25) is 5.02 Å². The average Bonchev–Trinajstić information content (AvgIpc) is 2.44. The van der Waals surface area contributed by atoms with Crippen molar-refractivity contribution in [3.63, 3.8) is 0 Å². The van der Waals surface area contributed by atoms with Crippen molar-refractivity contribution in [1.29, 1.82) is 0 Å². The minimum absolute atomic E-state index is 0.788. The highest BCUT2D eigenvalue weighted by molar-refractivity contribution is 7.07. The minimum Gasteiger partial charge on any atom is -0.364 e. The number of hydrogen-bond donors (Lipinski definition) is 0. The summed E-state index contributed by atoms with van der Waals surface area (Å²) in [6.45, 7) is 0. The standard InChI is InChI=1S/C10H12ClN2S/c1-12(2)10-8-5-4-7(11)6-9(8)13(3)14-10/h4-6H,1-3H3/q+1. The number of benzene rings is 1. The summed E-state index contributed by atoms with van der Waals surface area (Å²) in [6.07, 6.45) is 0. The van der Waals surface area contributed by atoms with Gasteiger partial charge in [-0.3, -0.25) is 0 Å². The Morgan fingerprint density at radius 1 is 1.36 bits per heavy atom. The lowest BCUT2D eigenvalue weighted by Crippen LogP contribution is -2.21. The van der Waals surface area contributed by atoms with Crippen LogP contribution in [0.3, 0.4) is 0 Å². The van der Waals surface area contributed by atoms with Crippen LogP contribution in [-0.2, 0) is 7.05 Å². The molecule has 4 heteroatoms. The zero-order chi connectivity index (χ0) is 10.3. The Morgan fingerprint density at radius 2 is 2.07 bits per heavy atom. The summed E-state index contributed by atoms with van der Waals surface area (Å²) in [5.41, 5.74) is 1.19. The molecule has 0 unspecified atom stereocenters. The fourth-order valence-corrected chi connectivity index (χ4v) is 2.61. The predicted octanol–water partition coefficient (Wildman–Crippen LogP) is 2.45. The first-order valence-corrected chi connectivity index (χ1v) is 5.50. The van der Waals surface area contributed by atoms with Gasteiger partial charge in [-0.2, -0.15) is 0 Å². The normalized spacial score (nSPS) is 10.9. The molecule has 2 aromatic rings. The molecule has 2 nitrogen and oxygen atoms in total. The van der Waals surface area contributed by atoms with Gasteiger partial charge >= 0.3 is 0 Å². The zero-order valence-corrected chi connectivity index (χ0v) is 9.99. The summed E-state index contributed by atoms with van der Waals surface area (Å²) in [4.78, 5) is 2.13. The van der Waals surface area contributed by atoms with E-state index in [9.17, 15) is 0 Å². The molecule has 0 aliphatic rings. The van der Waals surface area contributed by atoms with Crippen molar-refractivity contribution < 1.29 is 3.96 Å². The van der Waals surface area contributed by atoms with E-state index in [-0.39, 0.29) is 0 Å². The number of aromatic nitrogens is 1. The van der Waals surface area contributed by atoms with Gasteiger partial charge in [0.25, 0.3) is 0 Å². The van der Waals surface area contributed by atoms with Crippen molar-refractivity contribution in [3.05, 3.63) is 23.2 Å². The van der Waals surface area contributed by atoms with Crippen molar-refractivity contribution in [2.24, 2.45) is 7.05 Å². The molecule has 0 bridgehead atoms. The Bertz CT molecular complexity index is 476. The van der Waals surface area contributed by atoms with E-state index in [1.807, 2.05) is 12.1 Å². The zero-order valence-electron chi connectivity index (χ0n) is 8.41. The van der Waals surface area contributed by atoms with Crippen molar-refractivity contribution in [1.82, 2.24) is 0 Å². The Kier molecular flexibility index (Phi) is 2.37. The molecule has 0 amide bonds. The van der Waals surface area contributed by atoms with Crippen LogP contribution < -0.4 is 8.86 Å². The largest absolute Gasteiger partial charge is 0.364 e. The van der Waals surface area contributed by atoms with Gasteiger partial charge in [-0.25, -0.2) is 0 Å². The summed E-state index contributed by atoms with van der Waals surface area (Å²) in [6, 6.07) is 6.01. The van der Waals surface area contributed by atoms with Gasteiger partial charge < -0.3 is 4.90 Å². The lowest BCUT2D eigenvalue weighted by molar-refractivity contribution is -0.573. The van der Waals surface area contributed by atoms with Crippen molar-refractivity contribution >= 4 is 39.0 Å². The highest BCUT2D eigenvalue weighted by atomic mass is 35.5. The van der Waals surface area contributed by atoms with Crippen LogP contribution in [0, 0.1) is 0 Å². The maximum atomic E-state index is 5.96. The van der Waals surface area contributed by atoms with E-state index in [0.717, 1.165) is 5.02 Å². The van der Waals surface area contributed by atoms with Crippen LogP contribution in [-0.4, -0.2) is 14.1 Å². The Hall–Kier alpha value is -0.800. The summed E-state index contributed by atoms with van der Waals surface area (Å²) < 4.78 is 2.14. The second-order valence-electron chi connectivity index (χ2n) is 3.45. The predicted molar refractivity (Wildman–Crippen MR) is 62.3 cm³/mol. The number of hydrogen-bond acceptors (Lipinski definition) is 2. The maximum Gasteiger partial charge on any atom is 0.230 e. The molecule has 0 aliphatic carbocycles. The molecular formula is C10H12ClN2S+. The fourth-order valence-electron chi connectivity index (χ4n) is 1.50. The number of aryl methyl sites for hydroxylation is 1. The second-order valence-corrected chi connectivity index (χ2v) is 5.00. The van der Waals surface area contributed by atoms with E-state index in [1.165, 1.54) is 15.9 Å². The average molecular weight is 228 g/mol. The van der Waals surface area contributed by atoms with E-state index >= 15 is 0 Å². The second kappa shape index (κ2) is 3.41. The third-order valence-electron chi connectivity index (χ3n) is 2.16. The SMILES string of the molecule is CN(C)c1s[n+](C)c2cc(Cl)ccc12. The van der Waals surface area contributed by atoms with Crippen LogP contribution in [0.5, 0.6) is 0 Å². The first-order chi connectivity index (χ1) is 6.59. The van der Waals surface area contributed by atoms with Crippen LogP contribution >= 0.6 is 23.1 Å². The molecule has 0 radical (unpaired) electrons. The number of halogens is 1. The van der Waals surface area contributed by atoms with E-state index in [1.54, 1.807) is 11.5 Å². The summed E-state index contributed by atoms with van der Waals surface area (Å²) >= 11 is 7.69. The third kappa shape index (κ3) is 1.47. The molecule has 1 heterocycles. The summed E-state index contributed by atoms with van der Waals surface area (Å²) in [7, 11) is 6.16. The van der Waals surface area contributed by atoms with Gasteiger partial charge in [-0.1, -0.05) is 11.6 Å². The maximum absolute atomic E-state index is 5.96. The van der Waals surface area contributed by atoms with Crippen LogP contribution in [0.4, 0.5) is 5.00 Å². The summed E-state index contributed by atoms with van der Waals surface area (Å²) in [5, 5.41) is 3.31. The Morgan fingerprint density at radius 3 is 2.71 bits per heavy atom. The smallest absolute Gasteiger partial charge is 0.230 e. The molecule has 0 atom stereocenters. The highest BCUT2D eigenvalue weighted by Gasteiger charge is 2.17. The first-order valence-electron chi connectivity index (χ1n) is 4.35. The van der Waals surface area contributed by atoms with Gasteiger partial charge in [-0.05, 0) is 12.1 Å². The molecule has 14 heavy (non-hydrogen) atoms. The number of fused-ring (bicyclic) bond motifs is 1. The van der Waals surface area contributed by atoms with Gasteiger partial charge in [0.2, 0.25) is 5.52 Å². The van der Waals surface area contributed by atoms with E-state index in [4.69, 9.17) is 11.6 Å². The number of nitrogens with zero attached hydrogens (tertiary/aromatic N) is 2. The molecule has 0 saturated carbocycles. The molecule has 0 saturated heterocycles. The van der Waals surface area contributed by atoms with E-state index in [2.05, 4.69) is 36.1 Å². The highest BCUT2D eigenvalue weighted by Crippen LogP contribution is 2.29. The van der Waals surface area contributed by atoms with E-state index < -0.39 is 0 Å². The van der Waals surface area contributed by atoms with Crippen molar-refractivity contribution in [2.45, 2.75) is 0 Å². The third-order valence-corrected chi connectivity index (χ3v) is 3.62. The molecule has 0 spiro atoms. The van der Waals surface area contributed by atoms with Gasteiger partial charge in [0.05, 0.1) is 5.39 Å². The molecule has 0 aliphatic heterocycles. The van der Waals surface area contributed by atoms with Gasteiger partial charge in [0.1, 0.15) is 0 Å². The van der Waals surface area contributed by atoms with Crippen LogP contribution in [0.25, 0.3) is 10.9 Å². The Balaban J connectivity index is 2.77. The molecule has 74 valence electrons. The molecule has 0 N–H and O–H groups in total. The molecule has 0 fully saturated rings. The minimum atomic E-state index is 0.788. The topological polar surface area (TPSA) is 7.12 Å². The van der Waals surface area contributed by atoms with Gasteiger partial charge in [0, 0.05) is 25.2 Å². The number of rotatable bonds is 1. The Labute approximate surface area is 92.5 Å². The molecule has 1 aromatic heterocycles. The molecular weight excluding hydrogens is 216 g/mol. The molecule has 1 aromatic carbocycles. The number of anilines is 1. The van der Waals surface area contributed by atoms with Crippen LogP contribution in [0.1, 0.15) is 0 Å². The van der Waals surface area contributed by atoms with E-state index in [0.29, 0.717) is 0 Å². The molecule has 2 rings (SSSR count). The van der Waals surface area contributed by atoms with Gasteiger partial charge in [0.15, 0.2) is 23.6 Å².